The Kier molecular flexibility index (Phi) is 13.7. The van der Waals surface area contributed by atoms with Gasteiger partial charge >= 0.3 is 24.4 Å². The van der Waals surface area contributed by atoms with Crippen LogP contribution in [0, 0.1) is 0 Å². The maximum Gasteiger partial charge on any atom is 0.514 e. The van der Waals surface area contributed by atoms with Gasteiger partial charge in [-0.2, -0.15) is 0 Å². The predicted octanol–water partition coefficient (Wildman–Crippen LogP) is 3.77. The monoisotopic (exact) mass is 513 g/mol. The maximum absolute atomic E-state index is 12.3. The lowest BCUT2D eigenvalue weighted by molar-refractivity contribution is -0.143. The Hall–Kier alpha value is -3.54. The SMILES string of the molecule is CCCOC(=O)OCCN[C@@H](Cc1ccc(OC(=O)OC(C)C)c(OC(=O)OC(C)C)c1)C(=O)OC. The Morgan fingerprint density at radius 1 is 0.833 bits per heavy atom. The van der Waals surface area contributed by atoms with E-state index in [1.165, 1.54) is 19.2 Å². The minimum atomic E-state index is -1.00. The lowest BCUT2D eigenvalue weighted by Crippen LogP contribution is -2.41. The second kappa shape index (κ2) is 16.2. The summed E-state index contributed by atoms with van der Waals surface area (Å²) in [5, 5.41) is 2.94. The summed E-state index contributed by atoms with van der Waals surface area (Å²) >= 11 is 0. The van der Waals surface area contributed by atoms with Crippen LogP contribution in [0.4, 0.5) is 14.4 Å². The number of hydrogen-bond donors (Lipinski definition) is 1. The van der Waals surface area contributed by atoms with Gasteiger partial charge in [0.2, 0.25) is 0 Å². The zero-order valence-corrected chi connectivity index (χ0v) is 21.5. The Balaban J connectivity index is 2.96. The third-order valence-corrected chi connectivity index (χ3v) is 4.12. The molecule has 1 rings (SSSR count). The highest BCUT2D eigenvalue weighted by molar-refractivity contribution is 5.76. The molecule has 0 spiro atoms. The van der Waals surface area contributed by atoms with Gasteiger partial charge in [-0.3, -0.25) is 4.79 Å². The zero-order chi connectivity index (χ0) is 27.1. The Morgan fingerprint density at radius 2 is 1.42 bits per heavy atom. The van der Waals surface area contributed by atoms with Crippen molar-refractivity contribution in [3.63, 3.8) is 0 Å². The number of esters is 1. The lowest BCUT2D eigenvalue weighted by Gasteiger charge is -2.18. The summed E-state index contributed by atoms with van der Waals surface area (Å²) in [7, 11) is 1.24. The topological polar surface area (TPSA) is 145 Å². The summed E-state index contributed by atoms with van der Waals surface area (Å²) in [6, 6.07) is 3.58. The molecule has 36 heavy (non-hydrogen) atoms. The average molecular weight is 514 g/mol. The van der Waals surface area contributed by atoms with E-state index in [4.69, 9.17) is 33.2 Å². The first-order valence-corrected chi connectivity index (χ1v) is 11.6. The molecule has 0 saturated heterocycles. The van der Waals surface area contributed by atoms with Crippen LogP contribution in [0.3, 0.4) is 0 Å². The van der Waals surface area contributed by atoms with Crippen LogP contribution in [-0.2, 0) is 34.9 Å². The number of carbonyl (C=O) groups is 4. The van der Waals surface area contributed by atoms with E-state index in [9.17, 15) is 19.2 Å². The summed E-state index contributed by atoms with van der Waals surface area (Å²) in [6.07, 6.45) is -2.86. The molecule has 0 amide bonds. The van der Waals surface area contributed by atoms with Gasteiger partial charge in [-0.15, -0.1) is 0 Å². The van der Waals surface area contributed by atoms with E-state index in [1.807, 2.05) is 6.92 Å². The third kappa shape index (κ3) is 12.2. The van der Waals surface area contributed by atoms with Gasteiger partial charge in [-0.1, -0.05) is 13.0 Å². The summed E-state index contributed by atoms with van der Waals surface area (Å²) in [4.78, 5) is 47.7. The van der Waals surface area contributed by atoms with Crippen molar-refractivity contribution in [1.29, 1.82) is 0 Å². The minimum absolute atomic E-state index is 0.0316. The van der Waals surface area contributed by atoms with Crippen molar-refractivity contribution in [1.82, 2.24) is 5.32 Å². The molecule has 0 aliphatic heterocycles. The molecule has 0 aliphatic rings. The lowest BCUT2D eigenvalue weighted by atomic mass is 10.1. The van der Waals surface area contributed by atoms with Crippen molar-refractivity contribution in [3.05, 3.63) is 23.8 Å². The number of nitrogens with one attached hydrogen (secondary N) is 1. The summed E-state index contributed by atoms with van der Waals surface area (Å²) in [5.74, 6) is -0.748. The smallest absolute Gasteiger partial charge is 0.468 e. The van der Waals surface area contributed by atoms with Crippen LogP contribution in [0.1, 0.15) is 46.6 Å². The van der Waals surface area contributed by atoms with Crippen molar-refractivity contribution >= 4 is 24.4 Å². The van der Waals surface area contributed by atoms with Gasteiger partial charge in [0.15, 0.2) is 11.5 Å². The molecule has 0 saturated carbocycles. The highest BCUT2D eigenvalue weighted by Crippen LogP contribution is 2.30. The van der Waals surface area contributed by atoms with E-state index < -0.39 is 42.7 Å². The van der Waals surface area contributed by atoms with Gasteiger partial charge in [-0.05, 0) is 58.2 Å². The fourth-order valence-corrected chi connectivity index (χ4v) is 2.67. The fourth-order valence-electron chi connectivity index (χ4n) is 2.67. The number of ether oxygens (including phenoxy) is 7. The maximum atomic E-state index is 12.3. The summed E-state index contributed by atoms with van der Waals surface area (Å²) in [5.41, 5.74) is 0.540. The molecular weight excluding hydrogens is 478 g/mol. The second-order valence-electron chi connectivity index (χ2n) is 8.00. The number of methoxy groups -OCH3 is 1. The van der Waals surface area contributed by atoms with Crippen LogP contribution >= 0.6 is 0 Å². The van der Waals surface area contributed by atoms with Gasteiger partial charge in [0.25, 0.3) is 0 Å². The molecule has 1 aromatic rings. The van der Waals surface area contributed by atoms with E-state index in [1.54, 1.807) is 33.8 Å². The molecule has 1 atom stereocenters. The molecule has 0 unspecified atom stereocenters. The van der Waals surface area contributed by atoms with Gasteiger partial charge in [0.1, 0.15) is 12.6 Å². The van der Waals surface area contributed by atoms with Crippen molar-refractivity contribution in [2.75, 3.05) is 26.9 Å². The molecule has 202 valence electrons. The van der Waals surface area contributed by atoms with E-state index in [0.717, 1.165) is 0 Å². The first kappa shape index (κ1) is 30.5. The van der Waals surface area contributed by atoms with Gasteiger partial charge in [0, 0.05) is 6.54 Å². The number of rotatable bonds is 13. The highest BCUT2D eigenvalue weighted by atomic mass is 16.8. The van der Waals surface area contributed by atoms with Gasteiger partial charge in [-0.25, -0.2) is 14.4 Å². The first-order valence-electron chi connectivity index (χ1n) is 11.6. The van der Waals surface area contributed by atoms with Crippen LogP contribution in [0.25, 0.3) is 0 Å². The van der Waals surface area contributed by atoms with Crippen molar-refractivity contribution in [3.8, 4) is 11.5 Å². The molecule has 1 N–H and O–H groups in total. The van der Waals surface area contributed by atoms with Crippen LogP contribution < -0.4 is 14.8 Å². The van der Waals surface area contributed by atoms with Crippen molar-refractivity contribution in [2.45, 2.75) is 65.7 Å². The Morgan fingerprint density at radius 3 is 1.97 bits per heavy atom. The molecule has 12 nitrogen and oxygen atoms in total. The quantitative estimate of drug-likeness (QED) is 0.177. The summed E-state index contributed by atoms with van der Waals surface area (Å²) < 4.78 is 34.9. The van der Waals surface area contributed by atoms with Gasteiger partial charge < -0.3 is 38.5 Å². The molecule has 0 heterocycles. The third-order valence-electron chi connectivity index (χ3n) is 4.12. The number of hydrogen-bond acceptors (Lipinski definition) is 12. The molecular formula is C24H35NO11. The van der Waals surface area contributed by atoms with Crippen LogP contribution in [0.15, 0.2) is 18.2 Å². The first-order chi connectivity index (χ1) is 17.0. The minimum Gasteiger partial charge on any atom is -0.468 e. The molecule has 0 radical (unpaired) electrons. The number of benzene rings is 1. The molecule has 0 aliphatic carbocycles. The van der Waals surface area contributed by atoms with Crippen LogP contribution in [-0.4, -0.2) is 69.6 Å². The zero-order valence-electron chi connectivity index (χ0n) is 21.5. The van der Waals surface area contributed by atoms with Crippen molar-refractivity contribution < 1.29 is 52.3 Å². The second-order valence-corrected chi connectivity index (χ2v) is 8.00. The number of carbonyl (C=O) groups excluding carboxylic acids is 4. The molecule has 0 aromatic heterocycles. The van der Waals surface area contributed by atoms with Crippen molar-refractivity contribution in [2.24, 2.45) is 0 Å². The standard InChI is InChI=1S/C24H35NO11/c1-7-11-31-22(27)32-12-10-25-18(21(26)30-6)13-17-8-9-19(35-23(28)33-15(2)3)20(14-17)36-24(29)34-16(4)5/h8-9,14-16,18,25H,7,10-13H2,1-6H3/t18-/m0/s1. The Bertz CT molecular complexity index is 870. The highest BCUT2D eigenvalue weighted by Gasteiger charge is 2.22. The average Bonchev–Trinajstić information content (AvgIpc) is 2.79. The van der Waals surface area contributed by atoms with Crippen LogP contribution in [0.5, 0.6) is 11.5 Å². The largest absolute Gasteiger partial charge is 0.514 e. The van der Waals surface area contributed by atoms with E-state index in [2.05, 4.69) is 5.32 Å². The molecule has 0 bridgehead atoms. The van der Waals surface area contributed by atoms with E-state index >= 15 is 0 Å². The van der Waals surface area contributed by atoms with E-state index in [-0.39, 0.29) is 37.7 Å². The fraction of sp³-hybridized carbons (Fsp3) is 0.583. The normalized spacial score (nSPS) is 11.4. The van der Waals surface area contributed by atoms with E-state index in [0.29, 0.717) is 12.0 Å². The molecule has 1 aromatic carbocycles. The Labute approximate surface area is 210 Å². The predicted molar refractivity (Wildman–Crippen MR) is 126 cm³/mol. The molecule has 0 fully saturated rings. The summed E-state index contributed by atoms with van der Waals surface area (Å²) in [6.45, 7) is 8.83. The van der Waals surface area contributed by atoms with Crippen LogP contribution in [0.2, 0.25) is 0 Å². The molecule has 12 heteroatoms. The van der Waals surface area contributed by atoms with Gasteiger partial charge in [0.05, 0.1) is 25.9 Å².